The van der Waals surface area contributed by atoms with Gasteiger partial charge in [0.1, 0.15) is 23.4 Å². The number of aliphatic hydroxyl groups excluding tert-OH is 1. The van der Waals surface area contributed by atoms with Crippen LogP contribution in [0.25, 0.3) is 0 Å². The first-order chi connectivity index (χ1) is 8.18. The molecule has 18 heavy (non-hydrogen) atoms. The highest BCUT2D eigenvalue weighted by atomic mass is 35.5. The fraction of sp³-hybridized carbons (Fsp3) is 0.500. The summed E-state index contributed by atoms with van der Waals surface area (Å²) in [5, 5.41) is 30.7. The molecule has 2 atom stereocenters. The number of halogens is 1. The van der Waals surface area contributed by atoms with Crippen molar-refractivity contribution >= 4 is 17.3 Å². The zero-order valence-corrected chi connectivity index (χ0v) is 11.3. The van der Waals surface area contributed by atoms with Gasteiger partial charge in [-0.05, 0) is 13.8 Å². The van der Waals surface area contributed by atoms with Gasteiger partial charge in [-0.1, -0.05) is 11.6 Å². The summed E-state index contributed by atoms with van der Waals surface area (Å²) in [5.41, 5.74) is 0.767. The lowest BCUT2D eigenvalue weighted by molar-refractivity contribution is -0.00440. The summed E-state index contributed by atoms with van der Waals surface area (Å²) >= 11 is 6.08. The number of hydroxylamine groups is 2. The van der Waals surface area contributed by atoms with E-state index in [-0.39, 0.29) is 17.3 Å². The number of ether oxygens (including phenoxy) is 1. The van der Waals surface area contributed by atoms with Gasteiger partial charge < -0.3 is 15.1 Å². The maximum atomic E-state index is 11.6. The van der Waals surface area contributed by atoms with Crippen molar-refractivity contribution in [1.82, 2.24) is 4.81 Å². The average molecular weight is 274 g/mol. The summed E-state index contributed by atoms with van der Waals surface area (Å²) in [5.74, 6) is 0.591. The smallest absolute Gasteiger partial charge is 0.184 e. The van der Waals surface area contributed by atoms with E-state index in [0.717, 1.165) is 12.6 Å². The van der Waals surface area contributed by atoms with Gasteiger partial charge in [-0.25, -0.2) is 5.21 Å². The fourth-order valence-corrected chi connectivity index (χ4v) is 2.47. The average Bonchev–Trinajstić information content (AvgIpc) is 2.60. The monoisotopic (exact) mass is 273 g/mol. The molecule has 0 amide bonds. The fourth-order valence-electron chi connectivity index (χ4n) is 2.18. The Labute approximate surface area is 110 Å². The van der Waals surface area contributed by atoms with E-state index in [4.69, 9.17) is 16.3 Å². The second-order valence-electron chi connectivity index (χ2n) is 5.09. The topological polar surface area (TPSA) is 72.8 Å². The zero-order valence-electron chi connectivity index (χ0n) is 10.5. The Morgan fingerprint density at radius 1 is 1.61 bits per heavy atom. The summed E-state index contributed by atoms with van der Waals surface area (Å²) in [4.78, 5) is -1.58. The van der Waals surface area contributed by atoms with Crippen molar-refractivity contribution in [3.63, 3.8) is 0 Å². The molecule has 1 aromatic carbocycles. The maximum absolute atomic E-state index is 11.6. The van der Waals surface area contributed by atoms with Crippen molar-refractivity contribution in [2.75, 3.05) is 13.7 Å². The minimum absolute atomic E-state index is 0.0821. The van der Waals surface area contributed by atoms with E-state index in [1.807, 2.05) is 0 Å². The van der Waals surface area contributed by atoms with Gasteiger partial charge in [0, 0.05) is 23.6 Å². The molecule has 0 bridgehead atoms. The molecule has 1 heterocycles. The van der Waals surface area contributed by atoms with Crippen molar-refractivity contribution in [2.24, 2.45) is 0 Å². The SMILES string of the molecule is Cc1c(Cl)c([N+](C)([O-])O)cc2c1OC(C)(CO)C2. The van der Waals surface area contributed by atoms with Crippen molar-refractivity contribution in [3.05, 3.63) is 27.4 Å². The number of quaternary nitrogens is 1. The highest BCUT2D eigenvalue weighted by Gasteiger charge is 2.37. The van der Waals surface area contributed by atoms with Crippen LogP contribution in [-0.2, 0) is 6.42 Å². The third-order valence-corrected chi connectivity index (χ3v) is 3.67. The number of fused-ring (bicyclic) bond motifs is 1. The second-order valence-corrected chi connectivity index (χ2v) is 5.47. The number of rotatable bonds is 2. The molecule has 0 saturated heterocycles. The standard InChI is InChI=1S/C12H16ClNO4/c1-7-10(13)9(14(3,16)17)4-8-5-12(2,6-15)18-11(7)8/h4,15-16H,5-6H2,1-3H3. The minimum Gasteiger partial charge on any atom is -0.593 e. The third-order valence-electron chi connectivity index (χ3n) is 3.19. The largest absolute Gasteiger partial charge is 0.593 e. The minimum atomic E-state index is -1.58. The van der Waals surface area contributed by atoms with E-state index in [1.54, 1.807) is 19.9 Å². The van der Waals surface area contributed by atoms with E-state index in [9.17, 15) is 15.5 Å². The number of hydrogen-bond donors (Lipinski definition) is 2. The Morgan fingerprint density at radius 2 is 2.22 bits per heavy atom. The van der Waals surface area contributed by atoms with E-state index < -0.39 is 10.4 Å². The van der Waals surface area contributed by atoms with Gasteiger partial charge >= 0.3 is 0 Å². The molecule has 0 aliphatic carbocycles. The highest BCUT2D eigenvalue weighted by Crippen LogP contribution is 2.45. The summed E-state index contributed by atoms with van der Waals surface area (Å²) in [6.07, 6.45) is 0.476. The molecule has 1 aliphatic heterocycles. The predicted octanol–water partition coefficient (Wildman–Crippen LogP) is 2.16. The molecule has 1 aromatic rings. The first-order valence-electron chi connectivity index (χ1n) is 5.60. The van der Waals surface area contributed by atoms with Crippen LogP contribution in [0.2, 0.25) is 5.02 Å². The van der Waals surface area contributed by atoms with E-state index in [2.05, 4.69) is 0 Å². The molecule has 0 spiro atoms. The van der Waals surface area contributed by atoms with E-state index in [1.165, 1.54) is 0 Å². The molecular weight excluding hydrogens is 258 g/mol. The molecule has 0 radical (unpaired) electrons. The number of hydrogen-bond acceptors (Lipinski definition) is 4. The van der Waals surface area contributed by atoms with Crippen LogP contribution in [0.15, 0.2) is 6.07 Å². The maximum Gasteiger partial charge on any atom is 0.184 e. The van der Waals surface area contributed by atoms with E-state index >= 15 is 0 Å². The van der Waals surface area contributed by atoms with Crippen LogP contribution in [0.5, 0.6) is 5.75 Å². The first kappa shape index (κ1) is 13.6. The van der Waals surface area contributed by atoms with Crippen LogP contribution in [0, 0.1) is 12.1 Å². The lowest BCUT2D eigenvalue weighted by atomic mass is 9.99. The van der Waals surface area contributed by atoms with Gasteiger partial charge in [-0.3, -0.25) is 0 Å². The molecule has 2 unspecified atom stereocenters. The van der Waals surface area contributed by atoms with Crippen molar-refractivity contribution in [3.8, 4) is 5.75 Å². The quantitative estimate of drug-likeness (QED) is 0.640. The summed E-state index contributed by atoms with van der Waals surface area (Å²) < 4.78 is 5.70. The highest BCUT2D eigenvalue weighted by molar-refractivity contribution is 6.34. The van der Waals surface area contributed by atoms with Gasteiger partial charge in [0.2, 0.25) is 0 Å². The molecule has 0 fully saturated rings. The Morgan fingerprint density at radius 3 is 2.72 bits per heavy atom. The molecule has 1 aliphatic rings. The molecule has 2 N–H and O–H groups in total. The molecule has 0 aromatic heterocycles. The van der Waals surface area contributed by atoms with Crippen molar-refractivity contribution < 1.29 is 15.1 Å². The summed E-state index contributed by atoms with van der Waals surface area (Å²) in [7, 11) is 1.09. The number of nitrogens with zero attached hydrogens (tertiary/aromatic N) is 1. The molecule has 0 saturated carbocycles. The zero-order chi connectivity index (χ0) is 13.7. The second kappa shape index (κ2) is 4.08. The molecular formula is C12H16ClNO4. The summed E-state index contributed by atoms with van der Waals surface area (Å²) in [6.45, 7) is 3.38. The van der Waals surface area contributed by atoms with Gasteiger partial charge in [0.15, 0.2) is 5.69 Å². The molecule has 5 nitrogen and oxygen atoms in total. The van der Waals surface area contributed by atoms with E-state index in [0.29, 0.717) is 17.7 Å². The molecule has 100 valence electrons. The molecule has 2 rings (SSSR count). The van der Waals surface area contributed by atoms with Crippen molar-refractivity contribution in [1.29, 1.82) is 0 Å². The lowest BCUT2D eigenvalue weighted by Crippen LogP contribution is -2.34. The normalized spacial score (nSPS) is 25.5. The Hall–Kier alpha value is -0.850. The third kappa shape index (κ3) is 2.08. The Kier molecular flexibility index (Phi) is 3.08. The Balaban J connectivity index is 2.57. The number of aliphatic hydroxyl groups is 1. The van der Waals surface area contributed by atoms with Crippen LogP contribution in [0.3, 0.4) is 0 Å². The van der Waals surface area contributed by atoms with Gasteiger partial charge in [-0.2, -0.15) is 4.81 Å². The van der Waals surface area contributed by atoms with Crippen LogP contribution in [0.1, 0.15) is 18.1 Å². The predicted molar refractivity (Wildman–Crippen MR) is 68.9 cm³/mol. The number of benzene rings is 1. The lowest BCUT2D eigenvalue weighted by Gasteiger charge is -2.29. The first-order valence-corrected chi connectivity index (χ1v) is 5.98. The van der Waals surface area contributed by atoms with Gasteiger partial charge in [-0.15, -0.1) is 0 Å². The molecule has 6 heteroatoms. The van der Waals surface area contributed by atoms with Crippen molar-refractivity contribution in [2.45, 2.75) is 25.9 Å². The van der Waals surface area contributed by atoms with Crippen LogP contribution in [0.4, 0.5) is 5.69 Å². The van der Waals surface area contributed by atoms with Gasteiger partial charge in [0.25, 0.3) is 0 Å². The van der Waals surface area contributed by atoms with Gasteiger partial charge in [0.05, 0.1) is 6.61 Å². The summed E-state index contributed by atoms with van der Waals surface area (Å²) in [6, 6.07) is 1.54. The van der Waals surface area contributed by atoms with Crippen LogP contribution in [-0.4, -0.2) is 29.6 Å². The Bertz CT molecular complexity index is 498. The van der Waals surface area contributed by atoms with Crippen LogP contribution >= 0.6 is 11.6 Å². The van der Waals surface area contributed by atoms with Crippen LogP contribution < -0.4 is 9.55 Å².